The third-order valence-corrected chi connectivity index (χ3v) is 4.46. The van der Waals surface area contributed by atoms with Crippen molar-refractivity contribution in [2.45, 2.75) is 4.90 Å². The van der Waals surface area contributed by atoms with E-state index in [1.165, 1.54) is 29.2 Å². The summed E-state index contributed by atoms with van der Waals surface area (Å²) in [5.74, 6) is 1.42. The Morgan fingerprint density at radius 3 is 2.19 bits per heavy atom. The molecular weight excluding hydrogens is 358 g/mol. The van der Waals surface area contributed by atoms with E-state index >= 15 is 0 Å². The lowest BCUT2D eigenvalue weighted by Gasteiger charge is -2.18. The summed E-state index contributed by atoms with van der Waals surface area (Å²) in [5.41, 5.74) is 0.463. The third-order valence-electron chi connectivity index (χ3n) is 3.54. The number of urea groups is 1. The van der Waals surface area contributed by atoms with E-state index in [2.05, 4.69) is 5.32 Å². The first-order chi connectivity index (χ1) is 12.3. The van der Waals surface area contributed by atoms with E-state index in [-0.39, 0.29) is 10.9 Å². The summed E-state index contributed by atoms with van der Waals surface area (Å²) < 4.78 is 33.1. The van der Waals surface area contributed by atoms with Gasteiger partial charge in [0.05, 0.1) is 18.6 Å². The maximum absolute atomic E-state index is 12.1. The number of benzene rings is 2. The second kappa shape index (κ2) is 8.54. The van der Waals surface area contributed by atoms with Gasteiger partial charge in [-0.3, -0.25) is 0 Å². The number of likely N-dealkylation sites (N-methyl/N-ethyl adjacent to an activating group) is 1. The average Bonchev–Trinajstić information content (AvgIpc) is 2.62. The second-order valence-electron chi connectivity index (χ2n) is 5.45. The Labute approximate surface area is 152 Å². The minimum absolute atomic E-state index is 0.0169. The zero-order chi connectivity index (χ0) is 19.2. The van der Waals surface area contributed by atoms with Crippen molar-refractivity contribution >= 4 is 21.7 Å². The van der Waals surface area contributed by atoms with E-state index in [0.717, 1.165) is 5.75 Å². The van der Waals surface area contributed by atoms with Crippen molar-refractivity contribution in [3.63, 3.8) is 0 Å². The number of methoxy groups -OCH3 is 1. The van der Waals surface area contributed by atoms with Gasteiger partial charge in [0.2, 0.25) is 10.0 Å². The quantitative estimate of drug-likeness (QED) is 0.763. The number of carbonyl (C=O) groups excluding carboxylic acids is 1. The van der Waals surface area contributed by atoms with Gasteiger partial charge < -0.3 is 19.7 Å². The van der Waals surface area contributed by atoms with Crippen LogP contribution in [0.1, 0.15) is 0 Å². The Morgan fingerprint density at radius 2 is 1.65 bits per heavy atom. The summed E-state index contributed by atoms with van der Waals surface area (Å²) in [6, 6.07) is 12.4. The lowest BCUT2D eigenvalue weighted by Crippen LogP contribution is -2.34. The van der Waals surface area contributed by atoms with Crippen LogP contribution in [-0.4, -0.2) is 46.7 Å². The van der Waals surface area contributed by atoms with Crippen LogP contribution < -0.4 is 19.9 Å². The van der Waals surface area contributed by atoms with Crippen LogP contribution in [0.4, 0.5) is 10.5 Å². The van der Waals surface area contributed by atoms with Gasteiger partial charge in [0.15, 0.2) is 0 Å². The molecule has 0 spiro atoms. The first-order valence-corrected chi connectivity index (χ1v) is 9.26. The Hall–Kier alpha value is -2.78. The number of nitrogens with two attached hydrogens (primary N) is 1. The number of ether oxygens (including phenoxy) is 2. The van der Waals surface area contributed by atoms with Gasteiger partial charge >= 0.3 is 6.03 Å². The fraction of sp³-hybridized carbons (Fsp3) is 0.235. The van der Waals surface area contributed by atoms with Gasteiger partial charge in [0.1, 0.15) is 18.1 Å². The van der Waals surface area contributed by atoms with Gasteiger partial charge in [-0.15, -0.1) is 0 Å². The van der Waals surface area contributed by atoms with Crippen LogP contribution >= 0.6 is 0 Å². The van der Waals surface area contributed by atoms with Gasteiger partial charge in [-0.2, -0.15) is 0 Å². The number of primary sulfonamides is 1. The molecule has 0 bridgehead atoms. The summed E-state index contributed by atoms with van der Waals surface area (Å²) in [7, 11) is -0.535. The highest BCUT2D eigenvalue weighted by Gasteiger charge is 2.11. The van der Waals surface area contributed by atoms with Crippen LogP contribution in [-0.2, 0) is 10.0 Å². The van der Waals surface area contributed by atoms with E-state index in [4.69, 9.17) is 14.6 Å². The number of hydrogen-bond acceptors (Lipinski definition) is 5. The van der Waals surface area contributed by atoms with Gasteiger partial charge in [-0.1, -0.05) is 0 Å². The predicted octanol–water partition coefficient (Wildman–Crippen LogP) is 1.89. The number of nitrogens with one attached hydrogen (secondary N) is 1. The molecule has 2 amide bonds. The van der Waals surface area contributed by atoms with Crippen molar-refractivity contribution < 1.29 is 22.7 Å². The number of amides is 2. The minimum Gasteiger partial charge on any atom is -0.497 e. The SMILES string of the molecule is COc1ccc(OCCN(C)C(=O)Nc2ccc(S(N)(=O)=O)cc2)cc1. The second-order valence-corrected chi connectivity index (χ2v) is 7.01. The molecule has 2 aromatic rings. The summed E-state index contributed by atoms with van der Waals surface area (Å²) >= 11 is 0. The molecule has 0 saturated heterocycles. The van der Waals surface area contributed by atoms with Gasteiger partial charge in [-0.05, 0) is 48.5 Å². The molecule has 0 fully saturated rings. The average molecular weight is 379 g/mol. The number of nitrogens with zero attached hydrogens (tertiary/aromatic N) is 1. The molecule has 0 heterocycles. The molecular formula is C17H21N3O5S. The molecule has 0 atom stereocenters. The highest BCUT2D eigenvalue weighted by atomic mass is 32.2. The molecule has 8 nitrogen and oxygen atoms in total. The molecule has 0 radical (unpaired) electrons. The van der Waals surface area contributed by atoms with Crippen molar-refractivity contribution in [1.82, 2.24) is 4.90 Å². The number of rotatable bonds is 7. The summed E-state index contributed by atoms with van der Waals surface area (Å²) in [5, 5.41) is 7.69. The zero-order valence-electron chi connectivity index (χ0n) is 14.5. The molecule has 0 aliphatic carbocycles. The maximum atomic E-state index is 12.1. The smallest absolute Gasteiger partial charge is 0.321 e. The molecule has 2 rings (SSSR count). The van der Waals surface area contributed by atoms with Gasteiger partial charge in [-0.25, -0.2) is 18.4 Å². The van der Waals surface area contributed by atoms with E-state index in [1.807, 2.05) is 0 Å². The zero-order valence-corrected chi connectivity index (χ0v) is 15.3. The molecule has 0 unspecified atom stereocenters. The monoisotopic (exact) mass is 379 g/mol. The minimum atomic E-state index is -3.75. The fourth-order valence-corrected chi connectivity index (χ4v) is 2.54. The van der Waals surface area contributed by atoms with Crippen molar-refractivity contribution in [3.05, 3.63) is 48.5 Å². The van der Waals surface area contributed by atoms with Crippen LogP contribution in [0.15, 0.2) is 53.4 Å². The largest absolute Gasteiger partial charge is 0.497 e. The first kappa shape index (κ1) is 19.5. The summed E-state index contributed by atoms with van der Waals surface area (Å²) in [6.07, 6.45) is 0. The molecule has 0 aliphatic rings. The summed E-state index contributed by atoms with van der Waals surface area (Å²) in [4.78, 5) is 13.6. The molecule has 26 heavy (non-hydrogen) atoms. The lowest BCUT2D eigenvalue weighted by molar-refractivity contribution is 0.207. The normalized spacial score (nSPS) is 10.9. The van der Waals surface area contributed by atoms with E-state index < -0.39 is 10.0 Å². The highest BCUT2D eigenvalue weighted by Crippen LogP contribution is 2.17. The maximum Gasteiger partial charge on any atom is 0.321 e. The first-order valence-electron chi connectivity index (χ1n) is 7.71. The number of carbonyl (C=O) groups is 1. The van der Waals surface area contributed by atoms with Crippen molar-refractivity contribution in [1.29, 1.82) is 0 Å². The molecule has 2 aromatic carbocycles. The fourth-order valence-electron chi connectivity index (χ4n) is 2.02. The van der Waals surface area contributed by atoms with Crippen molar-refractivity contribution in [2.75, 3.05) is 32.6 Å². The van der Waals surface area contributed by atoms with E-state index in [0.29, 0.717) is 24.6 Å². The van der Waals surface area contributed by atoms with Gasteiger partial charge in [0, 0.05) is 12.7 Å². The Morgan fingerprint density at radius 1 is 1.08 bits per heavy atom. The topological polar surface area (TPSA) is 111 Å². The lowest BCUT2D eigenvalue weighted by atomic mass is 10.3. The number of anilines is 1. The molecule has 0 saturated carbocycles. The standard InChI is InChI=1S/C17H21N3O5S/c1-20(11-12-25-15-7-5-14(24-2)6-8-15)17(21)19-13-3-9-16(10-4-13)26(18,22)23/h3-10H,11-12H2,1-2H3,(H,19,21)(H2,18,22,23). The van der Waals surface area contributed by atoms with Crippen LogP contribution in [0.2, 0.25) is 0 Å². The summed E-state index contributed by atoms with van der Waals surface area (Å²) in [6.45, 7) is 0.688. The highest BCUT2D eigenvalue weighted by molar-refractivity contribution is 7.89. The number of hydrogen-bond donors (Lipinski definition) is 2. The van der Waals surface area contributed by atoms with Crippen LogP contribution in [0, 0.1) is 0 Å². The molecule has 140 valence electrons. The predicted molar refractivity (Wildman–Crippen MR) is 98.0 cm³/mol. The third kappa shape index (κ3) is 5.64. The Kier molecular flexibility index (Phi) is 6.42. The van der Waals surface area contributed by atoms with Crippen molar-refractivity contribution in [3.8, 4) is 11.5 Å². The molecule has 0 aliphatic heterocycles. The Balaban J connectivity index is 1.81. The number of sulfonamides is 1. The van der Waals surface area contributed by atoms with E-state index in [1.54, 1.807) is 38.4 Å². The molecule has 0 aromatic heterocycles. The van der Waals surface area contributed by atoms with E-state index in [9.17, 15) is 13.2 Å². The molecule has 9 heteroatoms. The van der Waals surface area contributed by atoms with Crippen LogP contribution in [0.25, 0.3) is 0 Å². The van der Waals surface area contributed by atoms with Crippen molar-refractivity contribution in [2.24, 2.45) is 5.14 Å². The Bertz CT molecular complexity index is 836. The molecule has 3 N–H and O–H groups in total. The van der Waals surface area contributed by atoms with Gasteiger partial charge in [0.25, 0.3) is 0 Å². The van der Waals surface area contributed by atoms with Crippen LogP contribution in [0.3, 0.4) is 0 Å². The van der Waals surface area contributed by atoms with Crippen LogP contribution in [0.5, 0.6) is 11.5 Å².